The minimum atomic E-state index is -0.671. The van der Waals surface area contributed by atoms with E-state index in [1.54, 1.807) is 0 Å². The molecule has 1 saturated heterocycles. The van der Waals surface area contributed by atoms with Crippen molar-refractivity contribution in [1.29, 1.82) is 0 Å². The zero-order valence-electron chi connectivity index (χ0n) is 13.1. The number of imide groups is 1. The Morgan fingerprint density at radius 1 is 1.19 bits per heavy atom. The second kappa shape index (κ2) is 5.48. The summed E-state index contributed by atoms with van der Waals surface area (Å²) in [5.74, 6) is -0.415. The fourth-order valence-corrected chi connectivity index (χ4v) is 2.31. The maximum atomic E-state index is 12.1. The summed E-state index contributed by atoms with van der Waals surface area (Å²) in [6, 6.07) is 7.02. The molecule has 1 unspecified atom stereocenters. The number of anilines is 1. The van der Waals surface area contributed by atoms with Gasteiger partial charge in [-0.25, -0.2) is 4.79 Å². The van der Waals surface area contributed by atoms with Crippen LogP contribution in [-0.2, 0) is 15.0 Å². The summed E-state index contributed by atoms with van der Waals surface area (Å²) in [7, 11) is 0. The number of carbonyl (C=O) groups is 2. The molecule has 0 radical (unpaired) electrons. The number of carbonyl (C=O) groups excluding carboxylic acids is 2. The van der Waals surface area contributed by atoms with Gasteiger partial charge in [0.05, 0.1) is 5.69 Å². The molecule has 0 spiro atoms. The van der Waals surface area contributed by atoms with E-state index in [9.17, 15) is 9.59 Å². The van der Waals surface area contributed by atoms with E-state index in [-0.39, 0.29) is 17.2 Å². The summed E-state index contributed by atoms with van der Waals surface area (Å²) in [5, 5.41) is 3.56. The minimum absolute atomic E-state index is 0.0256. The first-order valence-corrected chi connectivity index (χ1v) is 7.13. The van der Waals surface area contributed by atoms with Gasteiger partial charge in [0.25, 0.3) is 5.91 Å². The van der Waals surface area contributed by atoms with Crippen molar-refractivity contribution < 1.29 is 14.4 Å². The first-order chi connectivity index (χ1) is 9.71. The van der Waals surface area contributed by atoms with Crippen molar-refractivity contribution in [3.63, 3.8) is 0 Å². The second-order valence-electron chi connectivity index (χ2n) is 6.63. The average Bonchev–Trinajstić information content (AvgIpc) is 2.37. The molecule has 1 fully saturated rings. The van der Waals surface area contributed by atoms with E-state index in [0.29, 0.717) is 5.69 Å². The molecule has 114 valence electrons. The molecule has 1 aromatic carbocycles. The Labute approximate surface area is 125 Å². The van der Waals surface area contributed by atoms with Crippen molar-refractivity contribution in [3.05, 3.63) is 29.8 Å². The lowest BCUT2D eigenvalue weighted by Crippen LogP contribution is -2.57. The number of benzene rings is 1. The minimum Gasteiger partial charge on any atom is -0.273 e. The smallest absolute Gasteiger partial charge is 0.273 e. The van der Waals surface area contributed by atoms with Crippen LogP contribution in [0.2, 0.25) is 0 Å². The molecule has 0 aromatic heterocycles. The molecule has 1 atom stereocenters. The van der Waals surface area contributed by atoms with E-state index in [1.807, 2.05) is 38.1 Å². The molecule has 2 rings (SSSR count). The quantitative estimate of drug-likeness (QED) is 0.911. The molecule has 1 heterocycles. The number of urea groups is 1. The van der Waals surface area contributed by atoms with Gasteiger partial charge in [0.15, 0.2) is 6.10 Å². The normalized spacial score (nSPS) is 19.9. The monoisotopic (exact) mass is 290 g/mol. The molecule has 1 aliphatic heterocycles. The van der Waals surface area contributed by atoms with Gasteiger partial charge in [-0.3, -0.25) is 14.9 Å². The van der Waals surface area contributed by atoms with E-state index in [4.69, 9.17) is 4.84 Å². The van der Waals surface area contributed by atoms with Crippen LogP contribution < -0.4 is 10.4 Å². The first kappa shape index (κ1) is 15.5. The number of hydrogen-bond donors (Lipinski definition) is 1. The summed E-state index contributed by atoms with van der Waals surface area (Å²) >= 11 is 0. The topological polar surface area (TPSA) is 58.6 Å². The predicted molar refractivity (Wildman–Crippen MR) is 80.9 cm³/mol. The summed E-state index contributed by atoms with van der Waals surface area (Å²) in [6.45, 7) is 9.97. The SMILES string of the molecule is CC(C)C1ON(c2ccccc2C(C)(C)C)C(=O)NC1=O. The third kappa shape index (κ3) is 3.08. The van der Waals surface area contributed by atoms with Gasteiger partial charge >= 0.3 is 6.03 Å². The van der Waals surface area contributed by atoms with Gasteiger partial charge in [-0.1, -0.05) is 52.8 Å². The summed E-state index contributed by atoms with van der Waals surface area (Å²) in [5.41, 5.74) is 1.51. The largest absolute Gasteiger partial charge is 0.352 e. The van der Waals surface area contributed by atoms with E-state index < -0.39 is 12.1 Å². The molecule has 1 aromatic rings. The molecular weight excluding hydrogens is 268 g/mol. The van der Waals surface area contributed by atoms with Gasteiger partial charge in [-0.2, -0.15) is 5.06 Å². The summed E-state index contributed by atoms with van der Waals surface area (Å²) < 4.78 is 0. The molecule has 3 amide bonds. The van der Waals surface area contributed by atoms with Crippen LogP contribution in [0.15, 0.2) is 24.3 Å². The van der Waals surface area contributed by atoms with Crippen LogP contribution in [-0.4, -0.2) is 18.0 Å². The molecule has 0 aliphatic carbocycles. The van der Waals surface area contributed by atoms with Crippen LogP contribution in [0.1, 0.15) is 40.2 Å². The highest BCUT2D eigenvalue weighted by Crippen LogP contribution is 2.33. The highest BCUT2D eigenvalue weighted by molar-refractivity contribution is 6.05. The lowest BCUT2D eigenvalue weighted by atomic mass is 9.85. The number of para-hydroxylation sites is 1. The third-order valence-electron chi connectivity index (χ3n) is 3.43. The molecule has 0 bridgehead atoms. The summed E-state index contributed by atoms with van der Waals surface area (Å²) in [4.78, 5) is 29.6. The number of hydroxylamine groups is 1. The Bertz CT molecular complexity index is 561. The number of amides is 3. The second-order valence-corrected chi connectivity index (χ2v) is 6.63. The molecule has 21 heavy (non-hydrogen) atoms. The Morgan fingerprint density at radius 3 is 2.38 bits per heavy atom. The fraction of sp³-hybridized carbons (Fsp3) is 0.500. The van der Waals surface area contributed by atoms with Crippen LogP contribution in [0.3, 0.4) is 0 Å². The lowest BCUT2D eigenvalue weighted by Gasteiger charge is -2.35. The van der Waals surface area contributed by atoms with Crippen molar-refractivity contribution in [2.24, 2.45) is 5.92 Å². The zero-order valence-corrected chi connectivity index (χ0v) is 13.1. The highest BCUT2D eigenvalue weighted by atomic mass is 16.7. The highest BCUT2D eigenvalue weighted by Gasteiger charge is 2.37. The number of nitrogens with one attached hydrogen (secondary N) is 1. The van der Waals surface area contributed by atoms with Gasteiger partial charge in [0.1, 0.15) is 0 Å². The van der Waals surface area contributed by atoms with Crippen LogP contribution >= 0.6 is 0 Å². The van der Waals surface area contributed by atoms with Crippen molar-refractivity contribution in [3.8, 4) is 0 Å². The Hall–Kier alpha value is -1.88. The van der Waals surface area contributed by atoms with Crippen molar-refractivity contribution >= 4 is 17.6 Å². The van der Waals surface area contributed by atoms with Crippen LogP contribution in [0.4, 0.5) is 10.5 Å². The Balaban J connectivity index is 2.42. The molecule has 5 heteroatoms. The lowest BCUT2D eigenvalue weighted by molar-refractivity contribution is -0.138. The van der Waals surface area contributed by atoms with E-state index in [0.717, 1.165) is 5.56 Å². The average molecular weight is 290 g/mol. The molecular formula is C16H22N2O3. The number of hydrogen-bond acceptors (Lipinski definition) is 3. The van der Waals surface area contributed by atoms with Crippen LogP contribution in [0.5, 0.6) is 0 Å². The van der Waals surface area contributed by atoms with E-state index in [2.05, 4.69) is 26.1 Å². The first-order valence-electron chi connectivity index (χ1n) is 7.13. The number of nitrogens with zero attached hydrogens (tertiary/aromatic N) is 1. The van der Waals surface area contributed by atoms with Gasteiger partial charge in [-0.05, 0) is 23.0 Å². The van der Waals surface area contributed by atoms with Crippen molar-refractivity contribution in [2.75, 3.05) is 5.06 Å². The fourth-order valence-electron chi connectivity index (χ4n) is 2.31. The maximum Gasteiger partial charge on any atom is 0.352 e. The summed E-state index contributed by atoms with van der Waals surface area (Å²) in [6.07, 6.45) is -0.671. The van der Waals surface area contributed by atoms with Gasteiger partial charge in [0, 0.05) is 0 Å². The maximum absolute atomic E-state index is 12.1. The number of rotatable bonds is 2. The Kier molecular flexibility index (Phi) is 4.05. The predicted octanol–water partition coefficient (Wildman–Crippen LogP) is 3.00. The van der Waals surface area contributed by atoms with Gasteiger partial charge in [-0.15, -0.1) is 0 Å². The molecule has 5 nitrogen and oxygen atoms in total. The Morgan fingerprint density at radius 2 is 1.81 bits per heavy atom. The van der Waals surface area contributed by atoms with Crippen molar-refractivity contribution in [1.82, 2.24) is 5.32 Å². The molecule has 0 saturated carbocycles. The van der Waals surface area contributed by atoms with E-state index >= 15 is 0 Å². The van der Waals surface area contributed by atoms with Crippen LogP contribution in [0, 0.1) is 5.92 Å². The molecule has 1 N–H and O–H groups in total. The third-order valence-corrected chi connectivity index (χ3v) is 3.43. The van der Waals surface area contributed by atoms with Crippen molar-refractivity contribution in [2.45, 2.75) is 46.1 Å². The molecule has 1 aliphatic rings. The van der Waals surface area contributed by atoms with Gasteiger partial charge < -0.3 is 0 Å². The standard InChI is InChI=1S/C16H22N2O3/c1-10(2)13-14(19)17-15(20)18(21-13)12-9-7-6-8-11(12)16(3,4)5/h6-10,13H,1-5H3,(H,17,19,20). The van der Waals surface area contributed by atoms with Crippen LogP contribution in [0.25, 0.3) is 0 Å². The zero-order chi connectivity index (χ0) is 15.8. The van der Waals surface area contributed by atoms with Gasteiger partial charge in [0.2, 0.25) is 0 Å². The van der Waals surface area contributed by atoms with E-state index in [1.165, 1.54) is 5.06 Å².